The second-order valence-corrected chi connectivity index (χ2v) is 9.44. The Balaban J connectivity index is 0.00000341. The lowest BCUT2D eigenvalue weighted by molar-refractivity contribution is 0.181. The highest BCUT2D eigenvalue weighted by molar-refractivity contribution is 7.91. The second-order valence-electron chi connectivity index (χ2n) is 7.14. The van der Waals surface area contributed by atoms with Crippen molar-refractivity contribution in [2.24, 2.45) is 5.73 Å². The van der Waals surface area contributed by atoms with E-state index in [9.17, 15) is 8.42 Å². The quantitative estimate of drug-likeness (QED) is 0.199. The van der Waals surface area contributed by atoms with E-state index >= 15 is 0 Å². The molecule has 1 aromatic carbocycles. The van der Waals surface area contributed by atoms with Gasteiger partial charge in [0, 0.05) is 25.4 Å². The number of rotatable bonds is 9. The molecule has 1 atom stereocenters. The summed E-state index contributed by atoms with van der Waals surface area (Å²) in [7, 11) is -4.80. The van der Waals surface area contributed by atoms with Gasteiger partial charge < -0.3 is 31.1 Å². The van der Waals surface area contributed by atoms with Gasteiger partial charge in [-0.05, 0) is 47.9 Å². The molecule has 1 aliphatic heterocycles. The molecule has 172 valence electrons. The molecule has 2 aromatic rings. The van der Waals surface area contributed by atoms with E-state index in [4.69, 9.17) is 21.5 Å². The standard InChI is InChI=1S/C16H26BN7O5S.ClH/c18-12-4-5-14(23-6-9-30(27,28)10-7-23)15(11-12)24-16(20-21-22-24)13(19)3-1-2-8-29-17(25)26;/h4-5,11,13,25-26H,1-3,6-10,18-19H2;1H. The summed E-state index contributed by atoms with van der Waals surface area (Å²) in [6.45, 7) is 0.950. The zero-order chi connectivity index (χ0) is 21.7. The van der Waals surface area contributed by atoms with Gasteiger partial charge in [-0.25, -0.2) is 8.42 Å². The van der Waals surface area contributed by atoms with E-state index < -0.39 is 23.2 Å². The van der Waals surface area contributed by atoms with Crippen LogP contribution >= 0.6 is 12.4 Å². The van der Waals surface area contributed by atoms with E-state index in [1.165, 1.54) is 4.68 Å². The Bertz CT molecular complexity index is 948. The van der Waals surface area contributed by atoms with E-state index in [1.54, 1.807) is 12.1 Å². The van der Waals surface area contributed by atoms with Crippen LogP contribution in [0.3, 0.4) is 0 Å². The minimum absolute atomic E-state index is 0. The number of sulfone groups is 1. The number of tetrazole rings is 1. The van der Waals surface area contributed by atoms with Crippen LogP contribution in [0.2, 0.25) is 0 Å². The summed E-state index contributed by atoms with van der Waals surface area (Å²) < 4.78 is 29.8. The van der Waals surface area contributed by atoms with Crippen molar-refractivity contribution in [1.82, 2.24) is 20.2 Å². The number of unbranched alkanes of at least 4 members (excludes halogenated alkanes) is 1. The summed E-state index contributed by atoms with van der Waals surface area (Å²) in [4.78, 5) is 1.98. The molecule has 0 bridgehead atoms. The van der Waals surface area contributed by atoms with Gasteiger partial charge in [0.15, 0.2) is 15.7 Å². The van der Waals surface area contributed by atoms with E-state index in [-0.39, 0.29) is 30.5 Å². The number of hydrogen-bond acceptors (Lipinski definition) is 11. The number of hydrogen-bond donors (Lipinski definition) is 4. The molecule has 0 aliphatic carbocycles. The highest BCUT2D eigenvalue weighted by Crippen LogP contribution is 2.29. The van der Waals surface area contributed by atoms with Crippen molar-refractivity contribution in [2.75, 3.05) is 41.8 Å². The van der Waals surface area contributed by atoms with Gasteiger partial charge in [0.25, 0.3) is 0 Å². The predicted molar refractivity (Wildman–Crippen MR) is 119 cm³/mol. The van der Waals surface area contributed by atoms with Crippen LogP contribution in [0.1, 0.15) is 31.1 Å². The minimum Gasteiger partial charge on any atom is -0.402 e. The molecule has 0 amide bonds. The second kappa shape index (κ2) is 11.1. The van der Waals surface area contributed by atoms with Crippen LogP contribution in [0.15, 0.2) is 18.2 Å². The molecule has 0 radical (unpaired) electrons. The fraction of sp³-hybridized carbons (Fsp3) is 0.562. The van der Waals surface area contributed by atoms with Crippen molar-refractivity contribution in [3.8, 4) is 5.69 Å². The molecule has 15 heteroatoms. The van der Waals surface area contributed by atoms with Crippen molar-refractivity contribution in [2.45, 2.75) is 25.3 Å². The molecule has 31 heavy (non-hydrogen) atoms. The maximum atomic E-state index is 11.8. The largest absolute Gasteiger partial charge is 0.633 e. The Kier molecular flexibility index (Phi) is 9.03. The molecular formula is C16H27BClN7O5S. The first kappa shape index (κ1) is 25.3. The summed E-state index contributed by atoms with van der Waals surface area (Å²) >= 11 is 0. The van der Waals surface area contributed by atoms with Gasteiger partial charge in [-0.2, -0.15) is 4.68 Å². The molecular weight excluding hydrogens is 449 g/mol. The highest BCUT2D eigenvalue weighted by Gasteiger charge is 2.26. The van der Waals surface area contributed by atoms with Gasteiger partial charge >= 0.3 is 7.32 Å². The zero-order valence-corrected chi connectivity index (χ0v) is 18.5. The first-order valence-corrected chi connectivity index (χ1v) is 11.5. The molecule has 12 nitrogen and oxygen atoms in total. The monoisotopic (exact) mass is 475 g/mol. The third kappa shape index (κ3) is 6.76. The van der Waals surface area contributed by atoms with Crippen LogP contribution in [0.25, 0.3) is 5.69 Å². The van der Waals surface area contributed by atoms with Gasteiger partial charge in [-0.3, -0.25) is 0 Å². The fourth-order valence-electron chi connectivity index (χ4n) is 3.31. The maximum absolute atomic E-state index is 11.8. The lowest BCUT2D eigenvalue weighted by Crippen LogP contribution is -2.40. The number of anilines is 2. The molecule has 2 heterocycles. The van der Waals surface area contributed by atoms with E-state index in [2.05, 4.69) is 20.2 Å². The van der Waals surface area contributed by atoms with Gasteiger partial charge in [0.2, 0.25) is 0 Å². The summed E-state index contributed by atoms with van der Waals surface area (Å²) in [6, 6.07) is 4.86. The van der Waals surface area contributed by atoms with Crippen molar-refractivity contribution < 1.29 is 23.1 Å². The van der Waals surface area contributed by atoms with Crippen LogP contribution in [0.4, 0.5) is 11.4 Å². The van der Waals surface area contributed by atoms with Gasteiger partial charge in [0.05, 0.1) is 28.9 Å². The van der Waals surface area contributed by atoms with Crippen LogP contribution in [-0.4, -0.2) is 77.2 Å². The molecule has 1 fully saturated rings. The Labute approximate surface area is 187 Å². The Hall–Kier alpha value is -1.97. The van der Waals surface area contributed by atoms with Gasteiger partial charge in [-0.1, -0.05) is 0 Å². The minimum atomic E-state index is -3.02. The van der Waals surface area contributed by atoms with E-state index in [0.29, 0.717) is 49.6 Å². The van der Waals surface area contributed by atoms with E-state index in [0.717, 1.165) is 5.69 Å². The summed E-state index contributed by atoms with van der Waals surface area (Å²) in [6.07, 6.45) is 1.83. The first-order chi connectivity index (χ1) is 14.3. The average molecular weight is 476 g/mol. The smallest absolute Gasteiger partial charge is 0.402 e. The normalized spacial score (nSPS) is 16.5. The number of nitrogen functional groups attached to an aromatic ring is 1. The van der Waals surface area contributed by atoms with Crippen molar-refractivity contribution in [1.29, 1.82) is 0 Å². The van der Waals surface area contributed by atoms with E-state index in [1.807, 2.05) is 11.0 Å². The van der Waals surface area contributed by atoms with Crippen LogP contribution in [0.5, 0.6) is 0 Å². The third-order valence-corrected chi connectivity index (χ3v) is 6.52. The lowest BCUT2D eigenvalue weighted by atomic mass is 10.1. The summed E-state index contributed by atoms with van der Waals surface area (Å²) in [5.41, 5.74) is 14.2. The summed E-state index contributed by atoms with van der Waals surface area (Å²) in [5, 5.41) is 29.3. The Morgan fingerprint density at radius 3 is 2.58 bits per heavy atom. The predicted octanol–water partition coefficient (Wildman–Crippen LogP) is -0.943. The highest BCUT2D eigenvalue weighted by atomic mass is 35.5. The number of benzene rings is 1. The van der Waals surface area contributed by atoms with Crippen LogP contribution in [-0.2, 0) is 14.5 Å². The lowest BCUT2D eigenvalue weighted by Gasteiger charge is -2.30. The Morgan fingerprint density at radius 1 is 1.19 bits per heavy atom. The first-order valence-electron chi connectivity index (χ1n) is 9.64. The maximum Gasteiger partial charge on any atom is 0.633 e. The molecule has 6 N–H and O–H groups in total. The van der Waals surface area contributed by atoms with Crippen molar-refractivity contribution in [3.63, 3.8) is 0 Å². The van der Waals surface area contributed by atoms with Crippen LogP contribution in [0, 0.1) is 0 Å². The van der Waals surface area contributed by atoms with Crippen LogP contribution < -0.4 is 16.4 Å². The number of aromatic nitrogens is 4. The third-order valence-electron chi connectivity index (χ3n) is 4.91. The molecule has 0 spiro atoms. The SMILES string of the molecule is Cl.Nc1ccc(N2CCS(=O)(=O)CC2)c(-n2nnnc2C(N)CCCCOB(O)O)c1. The molecule has 1 aliphatic rings. The molecule has 1 unspecified atom stereocenters. The summed E-state index contributed by atoms with van der Waals surface area (Å²) in [5.74, 6) is 0.627. The van der Waals surface area contributed by atoms with Gasteiger partial charge in [0.1, 0.15) is 0 Å². The van der Waals surface area contributed by atoms with Gasteiger partial charge in [-0.15, -0.1) is 17.5 Å². The number of halogens is 1. The average Bonchev–Trinajstić information content (AvgIpc) is 3.17. The zero-order valence-electron chi connectivity index (χ0n) is 16.9. The topological polar surface area (TPSA) is 183 Å². The molecule has 0 saturated carbocycles. The fourth-order valence-corrected chi connectivity index (χ4v) is 4.51. The molecule has 3 rings (SSSR count). The molecule has 1 saturated heterocycles. The number of nitrogens with zero attached hydrogens (tertiary/aromatic N) is 5. The molecule has 1 aromatic heterocycles. The number of nitrogens with two attached hydrogens (primary N) is 2. The van der Waals surface area contributed by atoms with Crippen molar-refractivity contribution in [3.05, 3.63) is 24.0 Å². The Morgan fingerprint density at radius 2 is 1.90 bits per heavy atom. The van der Waals surface area contributed by atoms with Crippen molar-refractivity contribution >= 4 is 40.9 Å².